The molecule has 0 aromatic heterocycles. The van der Waals surface area contributed by atoms with E-state index in [1.807, 2.05) is 17.8 Å². The van der Waals surface area contributed by atoms with Gasteiger partial charge in [-0.2, -0.15) is 11.6 Å². The van der Waals surface area contributed by atoms with Crippen LogP contribution in [0.15, 0.2) is 68.5 Å². The molecule has 38 heavy (non-hydrogen) atoms. The number of hydrogen-bond donors (Lipinski definition) is 0. The Bertz CT molecular complexity index is 1230. The van der Waals surface area contributed by atoms with Crippen molar-refractivity contribution < 1.29 is 29.0 Å². The van der Waals surface area contributed by atoms with Gasteiger partial charge in [-0.25, -0.2) is 17.0 Å². The van der Waals surface area contributed by atoms with E-state index in [2.05, 4.69) is 54.9 Å². The summed E-state index contributed by atoms with van der Waals surface area (Å²) in [6.07, 6.45) is 24.0. The van der Waals surface area contributed by atoms with Crippen molar-refractivity contribution in [3.8, 4) is 0 Å². The van der Waals surface area contributed by atoms with Gasteiger partial charge >= 0.3 is 0 Å². The molecule has 0 saturated carbocycles. The van der Waals surface area contributed by atoms with Crippen LogP contribution in [0.1, 0.15) is 69.8 Å². The van der Waals surface area contributed by atoms with Crippen molar-refractivity contribution in [1.82, 2.24) is 0 Å². The van der Waals surface area contributed by atoms with Crippen LogP contribution in [0.5, 0.6) is 0 Å². The minimum Gasteiger partial charge on any atom is -0.769 e. The molecular weight excluding hydrogens is 667 g/mol. The molecule has 7 rings (SSSR count). The molecule has 4 nitrogen and oxygen atoms in total. The number of dihydropyridines is 1. The monoisotopic (exact) mass is 709 g/mol. The molecule has 6 heteroatoms. The van der Waals surface area contributed by atoms with E-state index in [0.29, 0.717) is 5.25 Å². The number of allylic oxidation sites excluding steroid dienone is 7. The smallest absolute Gasteiger partial charge is 0.175 e. The fourth-order valence-corrected chi connectivity index (χ4v) is 7.62. The predicted octanol–water partition coefficient (Wildman–Crippen LogP) is 8.14. The SMILES string of the molecule is C[C@H]1CC=C(C2=[C-]CCCC2)[N-]C1.[2H]C([2H])([2H])C1=NC2OC3=C([C@@H]4[N-]CC=C5C=C(C)SC54)[CH-]CC[C@H]3C2C=C1.[Ir]. The first-order chi connectivity index (χ1) is 19.3. The minimum atomic E-state index is -2.19. The van der Waals surface area contributed by atoms with E-state index in [9.17, 15) is 0 Å². The van der Waals surface area contributed by atoms with Gasteiger partial charge in [0.05, 0.1) is 0 Å². The Kier molecular flexibility index (Phi) is 7.93. The number of fused-ring (bicyclic) bond motifs is 4. The van der Waals surface area contributed by atoms with Gasteiger partial charge in [-0.3, -0.25) is 6.08 Å². The summed E-state index contributed by atoms with van der Waals surface area (Å²) in [5.74, 6) is 2.15. The van der Waals surface area contributed by atoms with E-state index >= 15 is 0 Å². The molecule has 1 fully saturated rings. The molecule has 3 unspecified atom stereocenters. The maximum atomic E-state index is 7.63. The molecule has 1 radical (unpaired) electrons. The van der Waals surface area contributed by atoms with E-state index in [0.717, 1.165) is 44.0 Å². The third-order valence-electron chi connectivity index (χ3n) is 8.28. The maximum absolute atomic E-state index is 7.63. The van der Waals surface area contributed by atoms with Crippen LogP contribution in [0.2, 0.25) is 0 Å². The zero-order chi connectivity index (χ0) is 27.9. The Hall–Kier alpha value is -1.46. The first-order valence-corrected chi connectivity index (χ1v) is 14.9. The third-order valence-corrected chi connectivity index (χ3v) is 9.55. The van der Waals surface area contributed by atoms with Crippen LogP contribution in [0, 0.1) is 30.3 Å². The quantitative estimate of drug-likeness (QED) is 0.272. The summed E-state index contributed by atoms with van der Waals surface area (Å²) in [5, 5.41) is 9.85. The number of ether oxygens (including phenoxy) is 1. The van der Waals surface area contributed by atoms with Crippen molar-refractivity contribution >= 4 is 17.5 Å². The van der Waals surface area contributed by atoms with Gasteiger partial charge in [-0.05, 0) is 48.1 Å². The van der Waals surface area contributed by atoms with Gasteiger partial charge in [0.2, 0.25) is 0 Å². The molecule has 5 heterocycles. The number of hydrogen-bond acceptors (Lipinski definition) is 3. The fourth-order valence-electron chi connectivity index (χ4n) is 6.35. The summed E-state index contributed by atoms with van der Waals surface area (Å²) in [6.45, 7) is 3.98. The van der Waals surface area contributed by atoms with Gasteiger partial charge in [-0.1, -0.05) is 51.0 Å². The summed E-state index contributed by atoms with van der Waals surface area (Å²) in [5.41, 5.74) is 5.35. The number of aliphatic imine (C=N–C) groups is 1. The molecule has 5 aliphatic heterocycles. The van der Waals surface area contributed by atoms with E-state index < -0.39 is 13.1 Å². The molecule has 7 aliphatic rings. The van der Waals surface area contributed by atoms with Crippen LogP contribution in [0.4, 0.5) is 0 Å². The van der Waals surface area contributed by atoms with Crippen LogP contribution in [-0.2, 0) is 24.8 Å². The average molecular weight is 709 g/mol. The molecule has 0 bridgehead atoms. The summed E-state index contributed by atoms with van der Waals surface area (Å²) < 4.78 is 29.2. The summed E-state index contributed by atoms with van der Waals surface area (Å²) in [4.78, 5) is 5.77. The van der Waals surface area contributed by atoms with Gasteiger partial charge in [0.1, 0.15) is 0 Å². The first-order valence-electron chi connectivity index (χ1n) is 15.5. The van der Waals surface area contributed by atoms with E-state index in [-0.39, 0.29) is 43.7 Å². The summed E-state index contributed by atoms with van der Waals surface area (Å²) >= 11 is 1.89. The van der Waals surface area contributed by atoms with Crippen LogP contribution >= 0.6 is 11.8 Å². The van der Waals surface area contributed by atoms with Crippen LogP contribution < -0.4 is 0 Å². The zero-order valence-corrected chi connectivity index (χ0v) is 25.5. The summed E-state index contributed by atoms with van der Waals surface area (Å²) in [7, 11) is 0. The van der Waals surface area contributed by atoms with Crippen molar-refractivity contribution in [2.45, 2.75) is 83.2 Å². The Labute approximate surface area is 251 Å². The third kappa shape index (κ3) is 5.84. The van der Waals surface area contributed by atoms with E-state index in [1.165, 1.54) is 53.0 Å². The molecule has 0 N–H and O–H groups in total. The molecular formula is C32H39IrN3OS-4. The molecule has 0 aromatic rings. The molecule has 0 spiro atoms. The van der Waals surface area contributed by atoms with Gasteiger partial charge in [0, 0.05) is 41.1 Å². The Morgan fingerprint density at radius 2 is 2.21 bits per heavy atom. The summed E-state index contributed by atoms with van der Waals surface area (Å²) in [6, 6.07) is 0.108. The van der Waals surface area contributed by atoms with Crippen molar-refractivity contribution in [1.29, 1.82) is 0 Å². The first kappa shape index (κ1) is 24.3. The largest absolute Gasteiger partial charge is 0.769 e. The molecule has 207 valence electrons. The average Bonchev–Trinajstić information content (AvgIpc) is 3.53. The standard InChI is InChI=1S/C20H22N2OS.C12H17N.Ir/c1-11-6-7-15-14-4-3-5-16(18(14)23-20(15)22-11)17-19-13(8-9-21-17)10-12(2)24-19;1-10-7-8-12(13-9-10)11-5-3-2-4-6-11;/h5-8,10,14-15,17,19-20H,3-4,9H2,1-2H3;8,10H,2-5,7,9H2,1H3;/q2*-2;/t14-,15?,17-,19?,20?;10-;/m00./s1/i1D3;;. The van der Waals surface area contributed by atoms with Crippen LogP contribution in [0.3, 0.4) is 0 Å². The zero-order valence-electron chi connectivity index (χ0n) is 25.3. The Morgan fingerprint density at radius 3 is 3.00 bits per heavy atom. The second-order valence-corrected chi connectivity index (χ2v) is 12.5. The van der Waals surface area contributed by atoms with Gasteiger partial charge in [0.15, 0.2) is 6.23 Å². The van der Waals surface area contributed by atoms with Crippen molar-refractivity contribution in [2.24, 2.45) is 22.7 Å². The van der Waals surface area contributed by atoms with Crippen molar-refractivity contribution in [2.75, 3.05) is 13.1 Å². The molecule has 2 aliphatic carbocycles. The van der Waals surface area contributed by atoms with Crippen molar-refractivity contribution in [3.05, 3.63) is 86.6 Å². The van der Waals surface area contributed by atoms with Crippen LogP contribution in [0.25, 0.3) is 10.6 Å². The Balaban J connectivity index is 0.000000204. The second-order valence-electron chi connectivity index (χ2n) is 11.1. The van der Waals surface area contributed by atoms with Crippen molar-refractivity contribution in [3.63, 3.8) is 0 Å². The van der Waals surface area contributed by atoms with Gasteiger partial charge in [0.25, 0.3) is 0 Å². The number of thioether (sulfide) groups is 1. The minimum absolute atomic E-state index is 0. The predicted molar refractivity (Wildman–Crippen MR) is 155 cm³/mol. The number of rotatable bonds is 2. The topological polar surface area (TPSA) is 49.8 Å². The molecule has 0 aromatic carbocycles. The molecule has 0 amide bonds. The van der Waals surface area contributed by atoms with E-state index in [1.54, 1.807) is 6.08 Å². The fraction of sp³-hybridized carbons (Fsp3) is 0.562. The van der Waals surface area contributed by atoms with Crippen LogP contribution in [-0.4, -0.2) is 36.3 Å². The Morgan fingerprint density at radius 1 is 1.29 bits per heavy atom. The second kappa shape index (κ2) is 12.4. The normalized spacial score (nSPS) is 36.6. The van der Waals surface area contributed by atoms with Gasteiger partial charge in [-0.15, -0.1) is 49.8 Å². The maximum Gasteiger partial charge on any atom is 0.175 e. The molecule has 6 atom stereocenters. The van der Waals surface area contributed by atoms with E-state index in [4.69, 9.17) is 14.2 Å². The molecule has 1 saturated heterocycles. The van der Waals surface area contributed by atoms with Gasteiger partial charge < -0.3 is 21.1 Å². The number of nitrogens with zero attached hydrogens (tertiary/aromatic N) is 3.